The highest BCUT2D eigenvalue weighted by Gasteiger charge is 2.11. The zero-order valence-electron chi connectivity index (χ0n) is 14.8. The Morgan fingerprint density at radius 3 is 2.68 bits per heavy atom. The van der Waals surface area contributed by atoms with E-state index in [1.165, 1.54) is 25.3 Å². The van der Waals surface area contributed by atoms with Gasteiger partial charge in [-0.05, 0) is 48.0 Å². The van der Waals surface area contributed by atoms with Gasteiger partial charge in [0.15, 0.2) is 11.5 Å². The van der Waals surface area contributed by atoms with Gasteiger partial charge < -0.3 is 24.1 Å². The molecule has 3 rings (SSSR count). The number of aliphatic imine (C=N–C) groups is 1. The quantitative estimate of drug-likeness (QED) is 0.557. The Balaban J connectivity index is 1.72. The number of carbonyl (C=O) groups is 1. The number of rotatable bonds is 7. The van der Waals surface area contributed by atoms with Gasteiger partial charge in [0.1, 0.15) is 23.8 Å². The number of hydrogen-bond acceptors (Lipinski definition) is 6. The maximum absolute atomic E-state index is 10.8. The Hall–Kier alpha value is -3.45. The molecule has 0 saturated carbocycles. The summed E-state index contributed by atoms with van der Waals surface area (Å²) < 4.78 is 16.1. The van der Waals surface area contributed by atoms with Crippen LogP contribution in [0.2, 0.25) is 5.02 Å². The lowest BCUT2D eigenvalue weighted by Gasteiger charge is -2.10. The monoisotopic (exact) mass is 401 g/mol. The van der Waals surface area contributed by atoms with E-state index in [9.17, 15) is 9.90 Å². The summed E-state index contributed by atoms with van der Waals surface area (Å²) in [6.45, 7) is 0.0513. The van der Waals surface area contributed by atoms with Gasteiger partial charge >= 0.3 is 5.97 Å². The molecule has 0 amide bonds. The minimum Gasteiger partial charge on any atom is -0.506 e. The molecule has 0 atom stereocenters. The molecule has 0 aliphatic heterocycles. The zero-order valence-corrected chi connectivity index (χ0v) is 15.5. The van der Waals surface area contributed by atoms with Gasteiger partial charge in [0, 0.05) is 17.3 Å². The van der Waals surface area contributed by atoms with Crippen LogP contribution in [-0.4, -0.2) is 29.5 Å². The Morgan fingerprint density at radius 2 is 2.00 bits per heavy atom. The highest BCUT2D eigenvalue weighted by atomic mass is 35.5. The molecule has 0 bridgehead atoms. The summed E-state index contributed by atoms with van der Waals surface area (Å²) in [7, 11) is 1.50. The molecule has 3 aromatic rings. The number of carboxylic acid groups (broad SMARTS) is 1. The van der Waals surface area contributed by atoms with Crippen molar-refractivity contribution in [2.24, 2.45) is 4.99 Å². The summed E-state index contributed by atoms with van der Waals surface area (Å²) >= 11 is 5.80. The Kier molecular flexibility index (Phi) is 5.86. The first-order valence-corrected chi connectivity index (χ1v) is 8.49. The van der Waals surface area contributed by atoms with E-state index in [-0.39, 0.29) is 18.1 Å². The van der Waals surface area contributed by atoms with Crippen molar-refractivity contribution in [2.45, 2.75) is 6.61 Å². The molecule has 28 heavy (non-hydrogen) atoms. The standard InChI is InChI=1S/C20H16ClNO6/c1-26-19-8-12(10-22-15-5-3-13(21)9-16(15)23)2-6-17(19)27-11-14-4-7-18(28-14)20(24)25/h2-10,23H,11H2,1H3,(H,24,25). The third-order valence-corrected chi connectivity index (χ3v) is 3.96. The van der Waals surface area contributed by atoms with Gasteiger partial charge in [0.25, 0.3) is 0 Å². The molecule has 2 aromatic carbocycles. The third kappa shape index (κ3) is 4.63. The van der Waals surface area contributed by atoms with Crippen LogP contribution in [0, 0.1) is 0 Å². The lowest BCUT2D eigenvalue weighted by atomic mass is 10.2. The lowest BCUT2D eigenvalue weighted by Crippen LogP contribution is -1.98. The number of carboxylic acids is 1. The van der Waals surface area contributed by atoms with Crippen LogP contribution in [0.1, 0.15) is 21.9 Å². The van der Waals surface area contributed by atoms with Gasteiger partial charge in [-0.15, -0.1) is 0 Å². The van der Waals surface area contributed by atoms with Gasteiger partial charge in [-0.2, -0.15) is 0 Å². The molecule has 1 heterocycles. The molecule has 7 nitrogen and oxygen atoms in total. The maximum atomic E-state index is 10.8. The number of ether oxygens (including phenoxy) is 2. The number of phenols is 1. The van der Waals surface area contributed by atoms with E-state index in [4.69, 9.17) is 30.6 Å². The number of phenolic OH excluding ortho intramolecular Hbond substituents is 1. The number of aromatic hydroxyl groups is 1. The lowest BCUT2D eigenvalue weighted by molar-refractivity contribution is 0.0658. The molecule has 144 valence electrons. The van der Waals surface area contributed by atoms with Crippen LogP contribution in [0.4, 0.5) is 5.69 Å². The molecule has 0 aliphatic carbocycles. The van der Waals surface area contributed by atoms with Gasteiger partial charge in [-0.3, -0.25) is 4.99 Å². The summed E-state index contributed by atoms with van der Waals surface area (Å²) in [6.07, 6.45) is 1.57. The molecule has 0 spiro atoms. The first-order valence-electron chi connectivity index (χ1n) is 8.11. The van der Waals surface area contributed by atoms with E-state index >= 15 is 0 Å². The Bertz CT molecular complexity index is 1030. The number of halogens is 1. The van der Waals surface area contributed by atoms with Crippen molar-refractivity contribution < 1.29 is 28.9 Å². The molecular weight excluding hydrogens is 386 g/mol. The summed E-state index contributed by atoms with van der Waals surface area (Å²) in [5.41, 5.74) is 1.11. The molecule has 8 heteroatoms. The predicted molar refractivity (Wildman–Crippen MR) is 103 cm³/mol. The van der Waals surface area contributed by atoms with E-state index in [1.807, 2.05) is 0 Å². The second-order valence-electron chi connectivity index (χ2n) is 5.66. The average Bonchev–Trinajstić information content (AvgIpc) is 3.15. The summed E-state index contributed by atoms with van der Waals surface area (Å²) in [5.74, 6) is -0.00326. The third-order valence-electron chi connectivity index (χ3n) is 3.72. The van der Waals surface area contributed by atoms with Crippen molar-refractivity contribution in [1.29, 1.82) is 0 Å². The highest BCUT2D eigenvalue weighted by molar-refractivity contribution is 6.30. The molecular formula is C20H16ClNO6. The SMILES string of the molecule is COc1cc(C=Nc2ccc(Cl)cc2O)ccc1OCc1ccc(C(=O)O)o1. The van der Waals surface area contributed by atoms with E-state index in [0.717, 1.165) is 5.56 Å². The Morgan fingerprint density at radius 1 is 1.18 bits per heavy atom. The number of methoxy groups -OCH3 is 1. The second kappa shape index (κ2) is 8.49. The summed E-state index contributed by atoms with van der Waals surface area (Å²) in [5, 5.41) is 19.1. The fourth-order valence-corrected chi connectivity index (χ4v) is 2.52. The minimum absolute atomic E-state index is 0.0187. The van der Waals surface area contributed by atoms with Crippen molar-refractivity contribution in [3.05, 3.63) is 70.6 Å². The second-order valence-corrected chi connectivity index (χ2v) is 6.10. The number of hydrogen-bond donors (Lipinski definition) is 2. The summed E-state index contributed by atoms with van der Waals surface area (Å²) in [4.78, 5) is 15.1. The number of nitrogens with zero attached hydrogens (tertiary/aromatic N) is 1. The normalized spacial score (nSPS) is 10.9. The van der Waals surface area contributed by atoms with Crippen LogP contribution in [0.5, 0.6) is 17.2 Å². The van der Waals surface area contributed by atoms with Crippen molar-refractivity contribution in [2.75, 3.05) is 7.11 Å². The number of benzene rings is 2. The van der Waals surface area contributed by atoms with Gasteiger partial charge in [-0.1, -0.05) is 11.6 Å². The van der Waals surface area contributed by atoms with Crippen LogP contribution in [-0.2, 0) is 6.61 Å². The smallest absolute Gasteiger partial charge is 0.371 e. The van der Waals surface area contributed by atoms with E-state index < -0.39 is 5.97 Å². The van der Waals surface area contributed by atoms with Crippen LogP contribution >= 0.6 is 11.6 Å². The molecule has 0 fully saturated rings. The van der Waals surface area contributed by atoms with Crippen LogP contribution < -0.4 is 9.47 Å². The summed E-state index contributed by atoms with van der Waals surface area (Å²) in [6, 6.07) is 12.7. The molecule has 2 N–H and O–H groups in total. The highest BCUT2D eigenvalue weighted by Crippen LogP contribution is 2.31. The van der Waals surface area contributed by atoms with E-state index in [0.29, 0.717) is 28.0 Å². The van der Waals surface area contributed by atoms with Crippen molar-refractivity contribution in [3.8, 4) is 17.2 Å². The van der Waals surface area contributed by atoms with Crippen LogP contribution in [0.25, 0.3) is 0 Å². The topological polar surface area (TPSA) is 101 Å². The van der Waals surface area contributed by atoms with Crippen LogP contribution in [0.3, 0.4) is 0 Å². The first kappa shape index (κ1) is 19.3. The van der Waals surface area contributed by atoms with Gasteiger partial charge in [0.05, 0.1) is 7.11 Å². The molecule has 0 aliphatic rings. The van der Waals surface area contributed by atoms with E-state index in [1.54, 1.807) is 36.5 Å². The van der Waals surface area contributed by atoms with Crippen molar-refractivity contribution in [1.82, 2.24) is 0 Å². The number of furan rings is 1. The van der Waals surface area contributed by atoms with E-state index in [2.05, 4.69) is 4.99 Å². The van der Waals surface area contributed by atoms with Crippen molar-refractivity contribution >= 4 is 29.5 Å². The predicted octanol–water partition coefficient (Wildman–Crippen LogP) is 4.68. The number of aromatic carboxylic acids is 1. The minimum atomic E-state index is -1.14. The molecule has 1 aromatic heterocycles. The fraction of sp³-hybridized carbons (Fsp3) is 0.100. The average molecular weight is 402 g/mol. The van der Waals surface area contributed by atoms with Gasteiger partial charge in [-0.25, -0.2) is 4.79 Å². The molecule has 0 unspecified atom stereocenters. The first-order chi connectivity index (χ1) is 13.5. The molecule has 0 radical (unpaired) electrons. The largest absolute Gasteiger partial charge is 0.506 e. The zero-order chi connectivity index (χ0) is 20.1. The fourth-order valence-electron chi connectivity index (χ4n) is 2.35. The van der Waals surface area contributed by atoms with Crippen LogP contribution in [0.15, 0.2) is 57.9 Å². The van der Waals surface area contributed by atoms with Gasteiger partial charge in [0.2, 0.25) is 5.76 Å². The Labute approximate surface area is 165 Å². The van der Waals surface area contributed by atoms with Crippen molar-refractivity contribution in [3.63, 3.8) is 0 Å². The molecule has 0 saturated heterocycles. The maximum Gasteiger partial charge on any atom is 0.371 e.